The van der Waals surface area contributed by atoms with Gasteiger partial charge in [0.2, 0.25) is 0 Å². The molecule has 0 spiro atoms. The van der Waals surface area contributed by atoms with E-state index in [0.29, 0.717) is 22.8 Å². The summed E-state index contributed by atoms with van der Waals surface area (Å²) in [5.74, 6) is 3.04. The maximum Gasteiger partial charge on any atom is 0.0724 e. The molecule has 4 aliphatic rings. The predicted octanol–water partition coefficient (Wildman–Crippen LogP) is 6.52. The van der Waals surface area contributed by atoms with Gasteiger partial charge < -0.3 is 20.7 Å². The Morgan fingerprint density at radius 2 is 1.91 bits per heavy atom. The molecular formula is C30H57N3O2. The fourth-order valence-corrected chi connectivity index (χ4v) is 8.22. The van der Waals surface area contributed by atoms with Crippen LogP contribution in [0.5, 0.6) is 0 Å². The molecule has 3 fully saturated rings. The number of allylic oxidation sites excluding steroid dienone is 1. The van der Waals surface area contributed by atoms with Crippen molar-refractivity contribution in [1.29, 1.82) is 5.41 Å². The minimum absolute atomic E-state index is 0. The van der Waals surface area contributed by atoms with Gasteiger partial charge in [-0.2, -0.15) is 0 Å². The Morgan fingerprint density at radius 3 is 2.60 bits per heavy atom. The van der Waals surface area contributed by atoms with Crippen LogP contribution in [0.4, 0.5) is 0 Å². The molecule has 0 aromatic rings. The molecule has 4 rings (SSSR count). The van der Waals surface area contributed by atoms with Gasteiger partial charge in [0.1, 0.15) is 0 Å². The number of hydroxylamine groups is 1. The summed E-state index contributed by atoms with van der Waals surface area (Å²) in [5.41, 5.74) is 6.14. The van der Waals surface area contributed by atoms with E-state index in [2.05, 4.69) is 51.5 Å². The van der Waals surface area contributed by atoms with E-state index < -0.39 is 0 Å². The van der Waals surface area contributed by atoms with Gasteiger partial charge in [0, 0.05) is 19.1 Å². The van der Waals surface area contributed by atoms with Crippen molar-refractivity contribution in [3.8, 4) is 0 Å². The topological polar surface area (TPSA) is 77.4 Å². The number of rotatable bonds is 9. The Balaban J connectivity index is 0.000000303. The molecule has 0 heterocycles. The molecule has 7 atom stereocenters. The van der Waals surface area contributed by atoms with Gasteiger partial charge in [-0.05, 0) is 127 Å². The summed E-state index contributed by atoms with van der Waals surface area (Å²) in [5, 5.41) is 21.6. The Hall–Kier alpha value is -0.750. The zero-order valence-electron chi connectivity index (χ0n) is 23.6. The molecule has 4 N–H and O–H groups in total. The number of nitrogens with one attached hydrogen (secondary N) is 3. The van der Waals surface area contributed by atoms with Gasteiger partial charge in [0.05, 0.1) is 12.7 Å². The molecule has 0 aliphatic heterocycles. The third-order valence-corrected chi connectivity index (χ3v) is 9.96. The summed E-state index contributed by atoms with van der Waals surface area (Å²) in [4.78, 5) is 5.19. The first-order valence-electron chi connectivity index (χ1n) is 14.7. The van der Waals surface area contributed by atoms with E-state index in [4.69, 9.17) is 10.2 Å². The fourth-order valence-electron chi connectivity index (χ4n) is 8.22. The largest absolute Gasteiger partial charge is 0.389 e. The Labute approximate surface area is 217 Å². The first-order chi connectivity index (χ1) is 16.6. The summed E-state index contributed by atoms with van der Waals surface area (Å²) in [6.45, 7) is 16.3. The molecule has 35 heavy (non-hydrogen) atoms. The van der Waals surface area contributed by atoms with Gasteiger partial charge in [0.15, 0.2) is 0 Å². The molecule has 0 bridgehead atoms. The number of fused-ring (bicyclic) bond motifs is 5. The average molecular weight is 492 g/mol. The van der Waals surface area contributed by atoms with Gasteiger partial charge >= 0.3 is 0 Å². The molecule has 5 nitrogen and oxygen atoms in total. The average Bonchev–Trinajstić information content (AvgIpc) is 3.17. The minimum atomic E-state index is -0.195. The molecule has 204 valence electrons. The number of hydrogen-bond donors (Lipinski definition) is 4. The van der Waals surface area contributed by atoms with Crippen molar-refractivity contribution >= 4 is 5.71 Å². The van der Waals surface area contributed by atoms with Crippen LogP contribution < -0.4 is 10.8 Å². The molecule has 0 aromatic carbocycles. The van der Waals surface area contributed by atoms with E-state index in [1.54, 1.807) is 5.57 Å². The Morgan fingerprint density at radius 1 is 1.14 bits per heavy atom. The first-order valence-corrected chi connectivity index (χ1v) is 14.7. The number of aliphatic hydroxyl groups excluding tert-OH is 1. The second-order valence-electron chi connectivity index (χ2n) is 12.7. The van der Waals surface area contributed by atoms with Gasteiger partial charge in [0.25, 0.3) is 0 Å². The van der Waals surface area contributed by atoms with Crippen LogP contribution in [-0.2, 0) is 4.84 Å². The van der Waals surface area contributed by atoms with Crippen molar-refractivity contribution in [3.63, 3.8) is 0 Å². The highest BCUT2D eigenvalue weighted by Gasteiger charge is 2.59. The molecule has 3 saturated carbocycles. The summed E-state index contributed by atoms with van der Waals surface area (Å²) in [6, 6.07) is 0.411. The summed E-state index contributed by atoms with van der Waals surface area (Å²) in [6.07, 6.45) is 14.2. The van der Waals surface area contributed by atoms with Crippen LogP contribution in [0.25, 0.3) is 0 Å². The SMILES string of the molecule is CC(=N)C1CCC2C3CCC4=CC(O)CCC4(C)C3CCC12C.CCCNCCCONC(C)C.[HH]. The molecular weight excluding hydrogens is 434 g/mol. The van der Waals surface area contributed by atoms with E-state index in [0.717, 1.165) is 56.0 Å². The zero-order chi connectivity index (χ0) is 25.6. The van der Waals surface area contributed by atoms with Crippen molar-refractivity contribution in [2.24, 2.45) is 34.5 Å². The van der Waals surface area contributed by atoms with E-state index in [1.807, 2.05) is 6.92 Å². The lowest BCUT2D eigenvalue weighted by Gasteiger charge is -2.58. The van der Waals surface area contributed by atoms with Gasteiger partial charge in [-0.15, -0.1) is 0 Å². The van der Waals surface area contributed by atoms with Crippen LogP contribution in [0.3, 0.4) is 0 Å². The van der Waals surface area contributed by atoms with E-state index in [-0.39, 0.29) is 7.53 Å². The normalized spacial score (nSPS) is 38.1. The second-order valence-corrected chi connectivity index (χ2v) is 12.7. The first kappa shape index (κ1) is 28.8. The molecule has 0 aromatic heterocycles. The van der Waals surface area contributed by atoms with Crippen LogP contribution in [0.1, 0.15) is 107 Å². The quantitative estimate of drug-likeness (QED) is 0.128. The van der Waals surface area contributed by atoms with Crippen molar-refractivity contribution in [3.05, 3.63) is 11.6 Å². The third kappa shape index (κ3) is 6.58. The highest BCUT2D eigenvalue weighted by Crippen LogP contribution is 2.66. The molecule has 7 unspecified atom stereocenters. The molecule has 0 saturated heterocycles. The molecule has 5 heteroatoms. The standard InChI is InChI=1S/C21H33NO.C9H22N2O.H2/c1-13(22)17-6-7-18-16-5-4-14-12-15(23)8-10-20(14,2)19(16)9-11-21(17,18)3;1-4-6-10-7-5-8-12-11-9(2)3;/h12,15-19,22-23H,4-11H2,1-3H3;9-11H,4-8H2,1-3H3;1H. The number of aliphatic hydroxyl groups is 1. The summed E-state index contributed by atoms with van der Waals surface area (Å²) >= 11 is 0. The molecule has 0 radical (unpaired) electrons. The lowest BCUT2D eigenvalue weighted by atomic mass is 9.46. The highest BCUT2D eigenvalue weighted by atomic mass is 16.6. The maximum atomic E-state index is 10.0. The van der Waals surface area contributed by atoms with Crippen LogP contribution in [0.15, 0.2) is 11.6 Å². The zero-order valence-corrected chi connectivity index (χ0v) is 23.6. The number of hydrogen-bond acceptors (Lipinski definition) is 5. The monoisotopic (exact) mass is 491 g/mol. The Bertz CT molecular complexity index is 729. The maximum absolute atomic E-state index is 10.0. The minimum Gasteiger partial charge on any atom is -0.389 e. The van der Waals surface area contributed by atoms with Crippen molar-refractivity contribution in [1.82, 2.24) is 10.8 Å². The summed E-state index contributed by atoms with van der Waals surface area (Å²) in [7, 11) is 0. The fraction of sp³-hybridized carbons (Fsp3) is 0.900. The van der Waals surface area contributed by atoms with Crippen molar-refractivity contribution in [2.45, 2.75) is 118 Å². The molecule has 0 amide bonds. The second kappa shape index (κ2) is 12.7. The van der Waals surface area contributed by atoms with Crippen LogP contribution in [0, 0.1) is 39.9 Å². The van der Waals surface area contributed by atoms with Crippen LogP contribution >= 0.6 is 0 Å². The molecule has 4 aliphatic carbocycles. The van der Waals surface area contributed by atoms with Crippen LogP contribution in [-0.4, -0.2) is 42.7 Å². The third-order valence-electron chi connectivity index (χ3n) is 9.96. The van der Waals surface area contributed by atoms with Crippen molar-refractivity contribution < 1.29 is 11.4 Å². The van der Waals surface area contributed by atoms with Gasteiger partial charge in [-0.3, -0.25) is 0 Å². The highest BCUT2D eigenvalue weighted by molar-refractivity contribution is 5.82. The van der Waals surface area contributed by atoms with Crippen LogP contribution in [0.2, 0.25) is 0 Å². The lowest BCUT2D eigenvalue weighted by molar-refractivity contribution is -0.0477. The van der Waals surface area contributed by atoms with Gasteiger partial charge in [-0.1, -0.05) is 32.4 Å². The predicted molar refractivity (Wildman–Crippen MR) is 149 cm³/mol. The lowest BCUT2D eigenvalue weighted by Crippen LogP contribution is -2.51. The van der Waals surface area contributed by atoms with Gasteiger partial charge in [-0.25, -0.2) is 5.48 Å². The Kier molecular flexibility index (Phi) is 10.4. The van der Waals surface area contributed by atoms with E-state index in [9.17, 15) is 5.11 Å². The van der Waals surface area contributed by atoms with E-state index >= 15 is 0 Å². The summed E-state index contributed by atoms with van der Waals surface area (Å²) < 4.78 is 0. The smallest absolute Gasteiger partial charge is 0.0724 e. The van der Waals surface area contributed by atoms with Crippen molar-refractivity contribution in [2.75, 3.05) is 19.7 Å². The van der Waals surface area contributed by atoms with E-state index in [1.165, 1.54) is 51.4 Å².